The van der Waals surface area contributed by atoms with Crippen LogP contribution in [0.15, 0.2) is 22.7 Å². The molecule has 0 aliphatic rings. The van der Waals surface area contributed by atoms with Gasteiger partial charge in [-0.1, -0.05) is 33.6 Å². The molecular formula is C11H14BrClN2O. The summed E-state index contributed by atoms with van der Waals surface area (Å²) >= 11 is 9.27. The second kappa shape index (κ2) is 6.89. The third-order valence-corrected chi connectivity index (χ3v) is 3.08. The van der Waals surface area contributed by atoms with Crippen molar-refractivity contribution in [2.45, 2.75) is 19.4 Å². The van der Waals surface area contributed by atoms with Gasteiger partial charge in [-0.2, -0.15) is 0 Å². The van der Waals surface area contributed by atoms with E-state index in [4.69, 9.17) is 17.3 Å². The van der Waals surface area contributed by atoms with E-state index in [-0.39, 0.29) is 5.91 Å². The van der Waals surface area contributed by atoms with E-state index in [2.05, 4.69) is 21.2 Å². The van der Waals surface area contributed by atoms with Crippen LogP contribution in [0.3, 0.4) is 0 Å². The maximum atomic E-state index is 10.5. The van der Waals surface area contributed by atoms with Gasteiger partial charge in [0.2, 0.25) is 5.91 Å². The Bertz CT molecular complexity index is 371. The fourth-order valence-corrected chi connectivity index (χ4v) is 2.10. The van der Waals surface area contributed by atoms with Gasteiger partial charge in [0, 0.05) is 22.5 Å². The maximum absolute atomic E-state index is 10.5. The first kappa shape index (κ1) is 13.5. The Morgan fingerprint density at radius 2 is 2.25 bits per heavy atom. The van der Waals surface area contributed by atoms with E-state index in [1.54, 1.807) is 0 Å². The highest BCUT2D eigenvalue weighted by atomic mass is 79.9. The van der Waals surface area contributed by atoms with E-state index in [1.807, 2.05) is 18.2 Å². The molecule has 0 fully saturated rings. The number of nitrogens with one attached hydrogen (secondary N) is 1. The molecule has 0 radical (unpaired) electrons. The van der Waals surface area contributed by atoms with Crippen LogP contribution in [0.25, 0.3) is 0 Å². The number of carbonyl (C=O) groups excluding carboxylic acids is 1. The van der Waals surface area contributed by atoms with Crippen LogP contribution in [0.5, 0.6) is 0 Å². The summed E-state index contributed by atoms with van der Waals surface area (Å²) in [6, 6.07) is 5.68. The molecule has 0 aromatic heterocycles. The molecule has 1 aromatic rings. The summed E-state index contributed by atoms with van der Waals surface area (Å²) in [4.78, 5) is 10.5. The number of hydrogen-bond donors (Lipinski definition) is 2. The third kappa shape index (κ3) is 4.96. The lowest BCUT2D eigenvalue weighted by molar-refractivity contribution is -0.118. The molecule has 1 aromatic carbocycles. The van der Waals surface area contributed by atoms with Gasteiger partial charge in [0.1, 0.15) is 0 Å². The highest BCUT2D eigenvalue weighted by Gasteiger charge is 2.00. The highest BCUT2D eigenvalue weighted by molar-refractivity contribution is 9.10. The minimum Gasteiger partial charge on any atom is -0.370 e. The summed E-state index contributed by atoms with van der Waals surface area (Å²) in [7, 11) is 0. The Morgan fingerprint density at radius 1 is 1.50 bits per heavy atom. The Morgan fingerprint density at radius 3 is 2.88 bits per heavy atom. The van der Waals surface area contributed by atoms with Crippen LogP contribution >= 0.6 is 27.5 Å². The molecule has 0 atom stereocenters. The van der Waals surface area contributed by atoms with Crippen molar-refractivity contribution in [1.29, 1.82) is 0 Å². The van der Waals surface area contributed by atoms with Gasteiger partial charge in [-0.3, -0.25) is 4.79 Å². The van der Waals surface area contributed by atoms with E-state index in [1.165, 1.54) is 0 Å². The van der Waals surface area contributed by atoms with Crippen molar-refractivity contribution in [3.8, 4) is 0 Å². The minimum atomic E-state index is -0.255. The molecule has 3 nitrogen and oxygen atoms in total. The summed E-state index contributed by atoms with van der Waals surface area (Å²) in [6.07, 6.45) is 1.19. The van der Waals surface area contributed by atoms with Gasteiger partial charge in [0.25, 0.3) is 0 Å². The predicted octanol–water partition coefficient (Wildman–Crippen LogP) is 2.46. The van der Waals surface area contributed by atoms with Gasteiger partial charge < -0.3 is 11.1 Å². The number of hydrogen-bond acceptors (Lipinski definition) is 2. The number of rotatable bonds is 6. The molecule has 0 unspecified atom stereocenters. The Balaban J connectivity index is 2.29. The highest BCUT2D eigenvalue weighted by Crippen LogP contribution is 2.21. The lowest BCUT2D eigenvalue weighted by atomic mass is 10.2. The first-order valence-electron chi connectivity index (χ1n) is 5.02. The Labute approximate surface area is 108 Å². The lowest BCUT2D eigenvalue weighted by Gasteiger charge is -2.06. The zero-order valence-electron chi connectivity index (χ0n) is 8.80. The van der Waals surface area contributed by atoms with Gasteiger partial charge in [-0.25, -0.2) is 0 Å². The SMILES string of the molecule is NC(=O)CCCNCc1ccc(Cl)cc1Br. The van der Waals surface area contributed by atoms with Crippen LogP contribution in [-0.4, -0.2) is 12.5 Å². The zero-order chi connectivity index (χ0) is 12.0. The summed E-state index contributed by atoms with van der Waals surface area (Å²) in [5.74, 6) is -0.255. The smallest absolute Gasteiger partial charge is 0.217 e. The molecule has 1 rings (SSSR count). The van der Waals surface area contributed by atoms with Crippen LogP contribution < -0.4 is 11.1 Å². The third-order valence-electron chi connectivity index (χ3n) is 2.11. The van der Waals surface area contributed by atoms with Gasteiger partial charge >= 0.3 is 0 Å². The summed E-state index contributed by atoms with van der Waals surface area (Å²) < 4.78 is 0.988. The van der Waals surface area contributed by atoms with Gasteiger partial charge in [0.15, 0.2) is 0 Å². The van der Waals surface area contributed by atoms with Crippen molar-refractivity contribution >= 4 is 33.4 Å². The molecule has 0 spiro atoms. The molecule has 0 saturated heterocycles. The van der Waals surface area contributed by atoms with E-state index in [9.17, 15) is 4.79 Å². The largest absolute Gasteiger partial charge is 0.370 e. The van der Waals surface area contributed by atoms with Crippen LogP contribution in [0.4, 0.5) is 0 Å². The monoisotopic (exact) mass is 304 g/mol. The summed E-state index contributed by atoms with van der Waals surface area (Å²) in [5, 5.41) is 3.95. The average molecular weight is 306 g/mol. The zero-order valence-corrected chi connectivity index (χ0v) is 11.1. The fourth-order valence-electron chi connectivity index (χ4n) is 1.28. The summed E-state index contributed by atoms with van der Waals surface area (Å²) in [6.45, 7) is 1.52. The predicted molar refractivity (Wildman–Crippen MR) is 69.3 cm³/mol. The molecule has 0 heterocycles. The molecule has 0 aliphatic carbocycles. The minimum absolute atomic E-state index is 0.255. The summed E-state index contributed by atoms with van der Waals surface area (Å²) in [5.41, 5.74) is 6.18. The molecule has 3 N–H and O–H groups in total. The van der Waals surface area contributed by atoms with Crippen LogP contribution in [0.1, 0.15) is 18.4 Å². The van der Waals surface area contributed by atoms with Crippen molar-refractivity contribution in [3.05, 3.63) is 33.3 Å². The maximum Gasteiger partial charge on any atom is 0.217 e. The standard InChI is InChI=1S/C11H14BrClN2O/c12-10-6-9(13)4-3-8(10)7-15-5-1-2-11(14)16/h3-4,6,15H,1-2,5,7H2,(H2,14,16). The molecule has 0 bridgehead atoms. The average Bonchev–Trinajstić information content (AvgIpc) is 2.20. The molecule has 88 valence electrons. The molecule has 0 saturated carbocycles. The van der Waals surface area contributed by atoms with E-state index < -0.39 is 0 Å². The topological polar surface area (TPSA) is 55.1 Å². The number of primary amides is 1. The van der Waals surface area contributed by atoms with E-state index in [0.717, 1.165) is 29.5 Å². The fraction of sp³-hybridized carbons (Fsp3) is 0.364. The Kier molecular flexibility index (Phi) is 5.80. The molecule has 1 amide bonds. The quantitative estimate of drug-likeness (QED) is 0.793. The normalized spacial score (nSPS) is 10.4. The lowest BCUT2D eigenvalue weighted by Crippen LogP contribution is -2.18. The number of amides is 1. The van der Waals surface area contributed by atoms with Crippen LogP contribution in [-0.2, 0) is 11.3 Å². The first-order chi connectivity index (χ1) is 7.59. The first-order valence-corrected chi connectivity index (χ1v) is 6.19. The van der Waals surface area contributed by atoms with Gasteiger partial charge in [-0.05, 0) is 30.7 Å². The number of nitrogens with two attached hydrogens (primary N) is 1. The van der Waals surface area contributed by atoms with Crippen molar-refractivity contribution < 1.29 is 4.79 Å². The van der Waals surface area contributed by atoms with E-state index in [0.29, 0.717) is 11.4 Å². The number of benzene rings is 1. The second-order valence-corrected chi connectivity index (χ2v) is 4.77. The molecule has 5 heteroatoms. The van der Waals surface area contributed by atoms with Gasteiger partial charge in [-0.15, -0.1) is 0 Å². The van der Waals surface area contributed by atoms with Crippen molar-refractivity contribution in [3.63, 3.8) is 0 Å². The molecule has 16 heavy (non-hydrogen) atoms. The molecule has 0 aliphatic heterocycles. The Hall–Kier alpha value is -0.580. The van der Waals surface area contributed by atoms with Crippen molar-refractivity contribution in [2.24, 2.45) is 5.73 Å². The molecular weight excluding hydrogens is 291 g/mol. The van der Waals surface area contributed by atoms with Crippen molar-refractivity contribution in [1.82, 2.24) is 5.32 Å². The van der Waals surface area contributed by atoms with Crippen LogP contribution in [0.2, 0.25) is 5.02 Å². The van der Waals surface area contributed by atoms with Crippen molar-refractivity contribution in [2.75, 3.05) is 6.54 Å². The number of halogens is 2. The van der Waals surface area contributed by atoms with Crippen LogP contribution in [0, 0.1) is 0 Å². The second-order valence-electron chi connectivity index (χ2n) is 3.48. The van der Waals surface area contributed by atoms with Gasteiger partial charge in [0.05, 0.1) is 0 Å². The number of carbonyl (C=O) groups is 1. The van der Waals surface area contributed by atoms with E-state index >= 15 is 0 Å².